The van der Waals surface area contributed by atoms with E-state index in [2.05, 4.69) is 10.1 Å². The van der Waals surface area contributed by atoms with Crippen LogP contribution in [0.5, 0.6) is 0 Å². The highest BCUT2D eigenvalue weighted by Gasteiger charge is 2.21. The standard InChI is InChI=1S/C29H25FN2O3/c1-18-15-25(30)11-12-26(18)27(17-28(32-35)24-13-14-31-19(2)16-24)22-7-3-20(4-8-22)21-5-9-23(10-6-21)29(33)34/h3-16,27,35H,17H2,1-2H3,(H,33,34)/b32-28+/t27-/m0/s1. The Balaban J connectivity index is 1.71. The number of halogens is 1. The van der Waals surface area contributed by atoms with E-state index in [9.17, 15) is 14.4 Å². The van der Waals surface area contributed by atoms with Gasteiger partial charge in [0.25, 0.3) is 0 Å². The zero-order chi connectivity index (χ0) is 24.9. The van der Waals surface area contributed by atoms with Gasteiger partial charge in [0, 0.05) is 29.8 Å². The topological polar surface area (TPSA) is 82.8 Å². The molecule has 35 heavy (non-hydrogen) atoms. The molecule has 0 saturated heterocycles. The number of rotatable bonds is 7. The molecular formula is C29H25FN2O3. The van der Waals surface area contributed by atoms with Crippen LogP contribution in [0.1, 0.15) is 50.6 Å². The van der Waals surface area contributed by atoms with Gasteiger partial charge in [0.1, 0.15) is 5.82 Å². The molecule has 0 aliphatic heterocycles. The first kappa shape index (κ1) is 23.8. The molecule has 0 spiro atoms. The summed E-state index contributed by atoms with van der Waals surface area (Å²) in [6.07, 6.45) is 2.08. The number of benzene rings is 3. The lowest BCUT2D eigenvalue weighted by Crippen LogP contribution is -2.12. The van der Waals surface area contributed by atoms with E-state index in [0.29, 0.717) is 12.1 Å². The predicted molar refractivity (Wildman–Crippen MR) is 134 cm³/mol. The average molecular weight is 469 g/mol. The number of nitrogens with zero attached hydrogens (tertiary/aromatic N) is 2. The molecule has 2 N–H and O–H groups in total. The van der Waals surface area contributed by atoms with Crippen LogP contribution in [-0.2, 0) is 0 Å². The highest BCUT2D eigenvalue weighted by molar-refractivity contribution is 6.01. The van der Waals surface area contributed by atoms with Crippen LogP contribution >= 0.6 is 0 Å². The van der Waals surface area contributed by atoms with Gasteiger partial charge in [0.2, 0.25) is 0 Å². The second-order valence-electron chi connectivity index (χ2n) is 8.49. The fourth-order valence-corrected chi connectivity index (χ4v) is 4.29. The number of oxime groups is 1. The summed E-state index contributed by atoms with van der Waals surface area (Å²) >= 11 is 0. The molecule has 5 nitrogen and oxygen atoms in total. The molecule has 1 aromatic heterocycles. The van der Waals surface area contributed by atoms with Crippen LogP contribution in [-0.4, -0.2) is 27.0 Å². The third-order valence-electron chi connectivity index (χ3n) is 6.13. The molecule has 4 aromatic rings. The number of hydrogen-bond acceptors (Lipinski definition) is 4. The third kappa shape index (κ3) is 5.44. The van der Waals surface area contributed by atoms with E-state index in [1.54, 1.807) is 42.6 Å². The summed E-state index contributed by atoms with van der Waals surface area (Å²) in [5.74, 6) is -1.44. The fraction of sp³-hybridized carbons (Fsp3) is 0.138. The Labute approximate surface area is 203 Å². The lowest BCUT2D eigenvalue weighted by molar-refractivity contribution is 0.0697. The highest BCUT2D eigenvalue weighted by atomic mass is 19.1. The van der Waals surface area contributed by atoms with Crippen molar-refractivity contribution in [2.75, 3.05) is 0 Å². The summed E-state index contributed by atoms with van der Waals surface area (Å²) in [4.78, 5) is 15.3. The first-order valence-corrected chi connectivity index (χ1v) is 11.2. The Kier molecular flexibility index (Phi) is 7.01. The second kappa shape index (κ2) is 10.3. The monoisotopic (exact) mass is 468 g/mol. The van der Waals surface area contributed by atoms with Crippen molar-refractivity contribution in [1.29, 1.82) is 0 Å². The molecule has 176 valence electrons. The first-order valence-electron chi connectivity index (χ1n) is 11.2. The van der Waals surface area contributed by atoms with Gasteiger partial charge in [0.05, 0.1) is 11.3 Å². The number of carboxylic acid groups (broad SMARTS) is 1. The number of carbonyl (C=O) groups is 1. The van der Waals surface area contributed by atoms with Gasteiger partial charge in [-0.1, -0.05) is 47.6 Å². The zero-order valence-electron chi connectivity index (χ0n) is 19.4. The summed E-state index contributed by atoms with van der Waals surface area (Å²) < 4.78 is 13.9. The lowest BCUT2D eigenvalue weighted by Gasteiger charge is -2.21. The number of carboxylic acids is 1. The molecule has 3 aromatic carbocycles. The first-order chi connectivity index (χ1) is 16.9. The van der Waals surface area contributed by atoms with Crippen molar-refractivity contribution in [2.45, 2.75) is 26.2 Å². The lowest BCUT2D eigenvalue weighted by atomic mass is 9.83. The van der Waals surface area contributed by atoms with Crippen molar-refractivity contribution >= 4 is 11.7 Å². The molecule has 0 aliphatic rings. The Morgan fingerprint density at radius 1 is 0.914 bits per heavy atom. The summed E-state index contributed by atoms with van der Waals surface area (Å²) in [5, 5.41) is 22.6. The van der Waals surface area contributed by atoms with Crippen LogP contribution in [0.3, 0.4) is 0 Å². The maximum Gasteiger partial charge on any atom is 0.335 e. The Hall–Kier alpha value is -4.32. The summed E-state index contributed by atoms with van der Waals surface area (Å²) in [6.45, 7) is 3.75. The van der Waals surface area contributed by atoms with Crippen molar-refractivity contribution in [3.8, 4) is 11.1 Å². The Morgan fingerprint density at radius 2 is 1.57 bits per heavy atom. The SMILES string of the molecule is Cc1cc(/C(C[C@@H](c2ccc(-c3ccc(C(=O)O)cc3)cc2)c2ccc(F)cc2C)=N/O)ccn1. The van der Waals surface area contributed by atoms with Gasteiger partial charge in [-0.15, -0.1) is 0 Å². The minimum absolute atomic E-state index is 0.182. The molecule has 4 rings (SSSR count). The minimum Gasteiger partial charge on any atom is -0.478 e. The van der Waals surface area contributed by atoms with Crippen molar-refractivity contribution < 1.29 is 19.5 Å². The molecule has 0 radical (unpaired) electrons. The minimum atomic E-state index is -0.963. The predicted octanol–water partition coefficient (Wildman–Crippen LogP) is 6.60. The van der Waals surface area contributed by atoms with E-state index in [1.807, 2.05) is 44.2 Å². The second-order valence-corrected chi connectivity index (χ2v) is 8.49. The molecule has 0 bridgehead atoms. The van der Waals surface area contributed by atoms with E-state index in [0.717, 1.165) is 39.1 Å². The van der Waals surface area contributed by atoms with E-state index in [4.69, 9.17) is 5.11 Å². The fourth-order valence-electron chi connectivity index (χ4n) is 4.29. The highest BCUT2D eigenvalue weighted by Crippen LogP contribution is 2.33. The molecule has 0 amide bonds. The number of aromatic nitrogens is 1. The largest absolute Gasteiger partial charge is 0.478 e. The molecule has 1 atom stereocenters. The maximum atomic E-state index is 13.9. The number of aryl methyl sites for hydroxylation is 2. The van der Waals surface area contributed by atoms with Gasteiger partial charge in [0.15, 0.2) is 0 Å². The van der Waals surface area contributed by atoms with Crippen molar-refractivity contribution in [3.63, 3.8) is 0 Å². The number of hydrogen-bond donors (Lipinski definition) is 2. The van der Waals surface area contributed by atoms with Crippen molar-refractivity contribution in [3.05, 3.63) is 124 Å². The third-order valence-corrected chi connectivity index (χ3v) is 6.13. The Morgan fingerprint density at radius 3 is 2.14 bits per heavy atom. The number of aromatic carboxylic acids is 1. The molecule has 0 fully saturated rings. The van der Waals surface area contributed by atoms with E-state index in [-0.39, 0.29) is 17.3 Å². The van der Waals surface area contributed by atoms with E-state index in [1.165, 1.54) is 12.1 Å². The molecule has 6 heteroatoms. The van der Waals surface area contributed by atoms with E-state index >= 15 is 0 Å². The zero-order valence-corrected chi connectivity index (χ0v) is 19.4. The van der Waals surface area contributed by atoms with Crippen LogP contribution in [0.25, 0.3) is 11.1 Å². The molecular weight excluding hydrogens is 443 g/mol. The Bertz CT molecular complexity index is 1380. The summed E-state index contributed by atoms with van der Waals surface area (Å²) in [5.41, 5.74) is 6.93. The molecule has 0 unspecified atom stereocenters. The van der Waals surface area contributed by atoms with Crippen molar-refractivity contribution in [2.24, 2.45) is 5.16 Å². The van der Waals surface area contributed by atoms with Gasteiger partial charge in [-0.2, -0.15) is 0 Å². The van der Waals surface area contributed by atoms with Crippen molar-refractivity contribution in [1.82, 2.24) is 4.98 Å². The summed E-state index contributed by atoms with van der Waals surface area (Å²) in [7, 11) is 0. The maximum absolute atomic E-state index is 13.9. The van der Waals surface area contributed by atoms with E-state index < -0.39 is 5.97 Å². The van der Waals surface area contributed by atoms with Crippen LogP contribution in [0, 0.1) is 19.7 Å². The van der Waals surface area contributed by atoms with Crippen LogP contribution in [0.2, 0.25) is 0 Å². The van der Waals surface area contributed by atoms with Gasteiger partial charge in [-0.25, -0.2) is 9.18 Å². The number of pyridine rings is 1. The van der Waals surface area contributed by atoms with Gasteiger partial charge >= 0.3 is 5.97 Å². The summed E-state index contributed by atoms with van der Waals surface area (Å²) in [6, 6.07) is 23.1. The van der Waals surface area contributed by atoms with Gasteiger partial charge < -0.3 is 10.3 Å². The normalized spacial score (nSPS) is 12.4. The van der Waals surface area contributed by atoms with Crippen LogP contribution in [0.4, 0.5) is 4.39 Å². The molecule has 0 aliphatic carbocycles. The molecule has 0 saturated carbocycles. The smallest absolute Gasteiger partial charge is 0.335 e. The quantitative estimate of drug-likeness (QED) is 0.182. The van der Waals surface area contributed by atoms with Gasteiger partial charge in [-0.3, -0.25) is 4.98 Å². The van der Waals surface area contributed by atoms with Crippen LogP contribution < -0.4 is 0 Å². The van der Waals surface area contributed by atoms with Crippen LogP contribution in [0.15, 0.2) is 90.2 Å². The average Bonchev–Trinajstić information content (AvgIpc) is 2.86. The molecule has 1 heterocycles. The van der Waals surface area contributed by atoms with Gasteiger partial charge in [-0.05, 0) is 78.1 Å².